The number of thioether (sulfide) groups is 1. The van der Waals surface area contributed by atoms with Crippen LogP contribution in [0.4, 0.5) is 10.5 Å². The van der Waals surface area contributed by atoms with Crippen molar-refractivity contribution >= 4 is 34.7 Å². The quantitative estimate of drug-likeness (QED) is 0.185. The molecule has 0 bridgehead atoms. The molecule has 41 heavy (non-hydrogen) atoms. The average Bonchev–Trinajstić information content (AvgIpc) is 3.26. The maximum absolute atomic E-state index is 13.2. The van der Waals surface area contributed by atoms with E-state index in [0.29, 0.717) is 28.7 Å². The molecule has 8 heteroatoms. The van der Waals surface area contributed by atoms with Gasteiger partial charge in [0, 0.05) is 32.2 Å². The number of rotatable bonds is 11. The second-order valence-corrected chi connectivity index (χ2v) is 11.5. The molecular weight excluding hydrogens is 534 g/mol. The van der Waals surface area contributed by atoms with Crippen molar-refractivity contribution in [2.75, 3.05) is 51.3 Å². The highest BCUT2D eigenvalue weighted by Gasteiger charge is 2.36. The summed E-state index contributed by atoms with van der Waals surface area (Å²) in [6.45, 7) is 8.38. The van der Waals surface area contributed by atoms with Crippen LogP contribution in [0.15, 0.2) is 77.7 Å². The lowest BCUT2D eigenvalue weighted by Crippen LogP contribution is -2.44. The fourth-order valence-corrected chi connectivity index (χ4v) is 5.65. The van der Waals surface area contributed by atoms with E-state index in [9.17, 15) is 9.59 Å². The zero-order valence-corrected chi connectivity index (χ0v) is 24.6. The Hall–Kier alpha value is -3.59. The standard InChI is InChI=1S/C33H37N3O4S/c1-25-9-13-28(14-10-25)40-29-15-11-26(12-16-29)23-31-32(37)36(33(38)41-31)27-7-6-8-30(24-27)39-22-5-3-4-17-35-20-18-34(2)19-21-35/h6-16,23-24H,3-5,17-22H2,1-2H3/b31-23-. The normalized spacial score (nSPS) is 17.4. The highest BCUT2D eigenvalue weighted by Crippen LogP contribution is 2.37. The Labute approximate surface area is 246 Å². The number of unbranched alkanes of at least 4 members (excludes halogenated alkanes) is 2. The third kappa shape index (κ3) is 8.00. The minimum Gasteiger partial charge on any atom is -0.494 e. The molecule has 0 radical (unpaired) electrons. The van der Waals surface area contributed by atoms with Crippen LogP contribution in [0.25, 0.3) is 6.08 Å². The molecule has 3 aromatic rings. The molecule has 0 spiro atoms. The first kappa shape index (κ1) is 28.9. The number of benzene rings is 3. The highest BCUT2D eigenvalue weighted by molar-refractivity contribution is 8.19. The van der Waals surface area contributed by atoms with Gasteiger partial charge in [0.15, 0.2) is 0 Å². The molecule has 0 unspecified atom stereocenters. The van der Waals surface area contributed by atoms with Crippen molar-refractivity contribution in [1.29, 1.82) is 0 Å². The third-order valence-electron chi connectivity index (χ3n) is 7.29. The molecule has 0 aromatic heterocycles. The minimum absolute atomic E-state index is 0.318. The Morgan fingerprint density at radius 3 is 2.27 bits per heavy atom. The number of nitrogens with zero attached hydrogens (tertiary/aromatic N) is 3. The number of imide groups is 1. The first-order valence-corrected chi connectivity index (χ1v) is 15.0. The summed E-state index contributed by atoms with van der Waals surface area (Å²) in [5.41, 5.74) is 2.50. The summed E-state index contributed by atoms with van der Waals surface area (Å²) in [4.78, 5) is 32.5. The lowest BCUT2D eigenvalue weighted by molar-refractivity contribution is -0.113. The first-order valence-electron chi connectivity index (χ1n) is 14.2. The van der Waals surface area contributed by atoms with E-state index in [1.54, 1.807) is 18.2 Å². The molecule has 2 amide bonds. The number of hydrogen-bond donors (Lipinski definition) is 0. The van der Waals surface area contributed by atoms with Gasteiger partial charge in [0.2, 0.25) is 0 Å². The predicted octanol–water partition coefficient (Wildman–Crippen LogP) is 6.82. The summed E-state index contributed by atoms with van der Waals surface area (Å²) in [7, 11) is 2.18. The van der Waals surface area contributed by atoms with E-state index in [1.165, 1.54) is 16.9 Å². The number of carbonyl (C=O) groups is 2. The van der Waals surface area contributed by atoms with Gasteiger partial charge in [0.05, 0.1) is 17.2 Å². The topological polar surface area (TPSA) is 62.3 Å². The Balaban J connectivity index is 1.12. The Morgan fingerprint density at radius 1 is 0.829 bits per heavy atom. The molecule has 3 aromatic carbocycles. The summed E-state index contributed by atoms with van der Waals surface area (Å²) in [6, 6.07) is 22.5. The maximum atomic E-state index is 13.2. The van der Waals surface area contributed by atoms with Gasteiger partial charge in [0.1, 0.15) is 17.2 Å². The predicted molar refractivity (Wildman–Crippen MR) is 166 cm³/mol. The lowest BCUT2D eigenvalue weighted by atomic mass is 10.2. The van der Waals surface area contributed by atoms with Crippen molar-refractivity contribution in [2.45, 2.75) is 26.2 Å². The van der Waals surface area contributed by atoms with Crippen LogP contribution in [0, 0.1) is 6.92 Å². The molecule has 2 saturated heterocycles. The van der Waals surface area contributed by atoms with E-state index in [2.05, 4.69) is 16.8 Å². The summed E-state index contributed by atoms with van der Waals surface area (Å²) in [6.07, 6.45) is 4.98. The molecule has 2 heterocycles. The van der Waals surface area contributed by atoms with Gasteiger partial charge in [-0.3, -0.25) is 9.59 Å². The summed E-state index contributed by atoms with van der Waals surface area (Å²) >= 11 is 0.944. The molecule has 2 fully saturated rings. The smallest absolute Gasteiger partial charge is 0.298 e. The van der Waals surface area contributed by atoms with Gasteiger partial charge in [-0.15, -0.1) is 0 Å². The first-order chi connectivity index (χ1) is 19.9. The van der Waals surface area contributed by atoms with Crippen molar-refractivity contribution in [2.24, 2.45) is 0 Å². The molecule has 7 nitrogen and oxygen atoms in total. The molecular formula is C33H37N3O4S. The van der Waals surface area contributed by atoms with Crippen LogP contribution < -0.4 is 14.4 Å². The van der Waals surface area contributed by atoms with Gasteiger partial charge in [-0.05, 0) is 99.6 Å². The molecule has 0 aliphatic carbocycles. The van der Waals surface area contributed by atoms with Crippen LogP contribution in [-0.4, -0.2) is 67.3 Å². The van der Waals surface area contributed by atoms with Crippen molar-refractivity contribution in [3.05, 3.63) is 88.8 Å². The van der Waals surface area contributed by atoms with Gasteiger partial charge >= 0.3 is 0 Å². The number of carbonyl (C=O) groups excluding carboxylic acids is 2. The van der Waals surface area contributed by atoms with Crippen molar-refractivity contribution < 1.29 is 19.1 Å². The van der Waals surface area contributed by atoms with Crippen LogP contribution in [0.1, 0.15) is 30.4 Å². The molecule has 0 atom stereocenters. The van der Waals surface area contributed by atoms with E-state index in [-0.39, 0.29) is 11.1 Å². The fourth-order valence-electron chi connectivity index (χ4n) is 4.80. The molecule has 214 valence electrons. The van der Waals surface area contributed by atoms with E-state index in [1.807, 2.05) is 67.6 Å². The van der Waals surface area contributed by atoms with E-state index >= 15 is 0 Å². The minimum atomic E-state index is -0.332. The second kappa shape index (κ2) is 13.9. The summed E-state index contributed by atoms with van der Waals surface area (Å²) in [5, 5.41) is -0.318. The third-order valence-corrected chi connectivity index (χ3v) is 8.16. The summed E-state index contributed by atoms with van der Waals surface area (Å²) in [5.74, 6) is 1.79. The zero-order chi connectivity index (χ0) is 28.6. The summed E-state index contributed by atoms with van der Waals surface area (Å²) < 4.78 is 11.8. The van der Waals surface area contributed by atoms with Crippen LogP contribution in [-0.2, 0) is 4.79 Å². The second-order valence-electron chi connectivity index (χ2n) is 10.6. The van der Waals surface area contributed by atoms with E-state index in [4.69, 9.17) is 9.47 Å². The number of ether oxygens (including phenoxy) is 2. The Bertz CT molecular complexity index is 1370. The van der Waals surface area contributed by atoms with Crippen LogP contribution in [0.5, 0.6) is 17.2 Å². The van der Waals surface area contributed by atoms with Gasteiger partial charge in [-0.25, -0.2) is 4.90 Å². The van der Waals surface area contributed by atoms with Crippen molar-refractivity contribution in [3.63, 3.8) is 0 Å². The number of hydrogen-bond acceptors (Lipinski definition) is 7. The Kier molecular flexibility index (Phi) is 9.77. The van der Waals surface area contributed by atoms with Gasteiger partial charge in [-0.2, -0.15) is 0 Å². The number of likely N-dealkylation sites (N-methyl/N-ethyl adjacent to an activating group) is 1. The number of anilines is 1. The molecule has 5 rings (SSSR count). The van der Waals surface area contributed by atoms with E-state index in [0.717, 1.165) is 68.6 Å². The number of aryl methyl sites for hydroxylation is 1. The maximum Gasteiger partial charge on any atom is 0.298 e. The van der Waals surface area contributed by atoms with Crippen LogP contribution in [0.3, 0.4) is 0 Å². The lowest BCUT2D eigenvalue weighted by Gasteiger charge is -2.32. The molecule has 0 saturated carbocycles. The van der Waals surface area contributed by atoms with Crippen molar-refractivity contribution in [1.82, 2.24) is 9.80 Å². The van der Waals surface area contributed by atoms with Crippen LogP contribution >= 0.6 is 11.8 Å². The van der Waals surface area contributed by atoms with Gasteiger partial charge in [-0.1, -0.05) is 35.9 Å². The SMILES string of the molecule is Cc1ccc(Oc2ccc(/C=C3\SC(=O)N(c4cccc(OCCCCCN5CCN(C)CC5)c4)C3=O)cc2)cc1. The molecule has 2 aliphatic rings. The largest absolute Gasteiger partial charge is 0.494 e. The van der Waals surface area contributed by atoms with E-state index < -0.39 is 0 Å². The number of amides is 2. The molecule has 0 N–H and O–H groups in total. The van der Waals surface area contributed by atoms with Crippen molar-refractivity contribution in [3.8, 4) is 17.2 Å². The fraction of sp³-hybridized carbons (Fsp3) is 0.333. The molecule has 2 aliphatic heterocycles. The van der Waals surface area contributed by atoms with Gasteiger partial charge in [0.25, 0.3) is 11.1 Å². The zero-order valence-electron chi connectivity index (χ0n) is 23.8. The van der Waals surface area contributed by atoms with Gasteiger partial charge < -0.3 is 19.3 Å². The van der Waals surface area contributed by atoms with Crippen LogP contribution in [0.2, 0.25) is 0 Å². The number of piperazine rings is 1. The average molecular weight is 572 g/mol. The Morgan fingerprint density at radius 2 is 1.54 bits per heavy atom. The monoisotopic (exact) mass is 571 g/mol. The highest BCUT2D eigenvalue weighted by atomic mass is 32.2.